The van der Waals surface area contributed by atoms with E-state index in [-0.39, 0.29) is 29.1 Å². The number of hydrazone groups is 1. The monoisotopic (exact) mass is 517 g/mol. The highest BCUT2D eigenvalue weighted by molar-refractivity contribution is 8.15. The van der Waals surface area contributed by atoms with Crippen molar-refractivity contribution in [1.29, 1.82) is 0 Å². The van der Waals surface area contributed by atoms with E-state index in [4.69, 9.17) is 10.5 Å². The van der Waals surface area contributed by atoms with Crippen molar-refractivity contribution in [3.05, 3.63) is 107 Å². The molecule has 1 heterocycles. The quantitative estimate of drug-likeness (QED) is 0.435. The average molecular weight is 518 g/mol. The fraction of sp³-hybridized carbons (Fsp3) is 0.231. The van der Waals surface area contributed by atoms with Crippen LogP contribution in [0.15, 0.2) is 71.8 Å². The van der Waals surface area contributed by atoms with Gasteiger partial charge < -0.3 is 10.5 Å². The highest BCUT2D eigenvalue weighted by atomic mass is 32.2. The molecule has 1 unspecified atom stereocenters. The number of methoxy groups -OCH3 is 1. The van der Waals surface area contributed by atoms with Crippen molar-refractivity contribution >= 4 is 22.7 Å². The first-order valence-corrected chi connectivity index (χ1v) is 11.8. The number of thioether (sulfide) groups is 1. The lowest BCUT2D eigenvalue weighted by molar-refractivity contribution is -0.158. The summed E-state index contributed by atoms with van der Waals surface area (Å²) in [4.78, 5) is 12.8. The molecule has 1 aliphatic rings. The summed E-state index contributed by atoms with van der Waals surface area (Å²) in [5.74, 6) is -3.89. The lowest BCUT2D eigenvalue weighted by Crippen LogP contribution is -2.51. The number of nitrogens with zero attached hydrogens (tertiary/aromatic N) is 2. The second-order valence-corrected chi connectivity index (χ2v) is 9.57. The van der Waals surface area contributed by atoms with Gasteiger partial charge in [-0.1, -0.05) is 42.1 Å². The van der Waals surface area contributed by atoms with Crippen LogP contribution >= 0.6 is 11.8 Å². The molecule has 5 nitrogen and oxygen atoms in total. The number of hydrogen-bond acceptors (Lipinski definition) is 5. The molecule has 2 atom stereocenters. The van der Waals surface area contributed by atoms with Crippen molar-refractivity contribution < 1.29 is 27.1 Å². The largest absolute Gasteiger partial charge is 0.364 e. The number of halogens is 4. The molecule has 3 aromatic rings. The molecular formula is C26H23F4N3O2S. The fourth-order valence-electron chi connectivity index (χ4n) is 4.13. The minimum atomic E-state index is -2.01. The van der Waals surface area contributed by atoms with E-state index < -0.39 is 39.6 Å². The summed E-state index contributed by atoms with van der Waals surface area (Å²) in [6.07, 6.45) is 0.156. The van der Waals surface area contributed by atoms with Gasteiger partial charge in [0, 0.05) is 18.2 Å². The van der Waals surface area contributed by atoms with Gasteiger partial charge in [-0.05, 0) is 61.9 Å². The molecule has 36 heavy (non-hydrogen) atoms. The second-order valence-electron chi connectivity index (χ2n) is 8.30. The Hall–Kier alpha value is -3.21. The Bertz CT molecular complexity index is 1320. The van der Waals surface area contributed by atoms with Gasteiger partial charge in [-0.25, -0.2) is 22.6 Å². The number of carbonyl (C=O) groups excluding carboxylic acids is 1. The summed E-state index contributed by atoms with van der Waals surface area (Å²) in [5.41, 5.74) is 4.05. The van der Waals surface area contributed by atoms with Crippen LogP contribution in [-0.4, -0.2) is 29.6 Å². The van der Waals surface area contributed by atoms with Crippen LogP contribution in [-0.2, 0) is 20.0 Å². The maximum atomic E-state index is 14.8. The molecule has 1 amide bonds. The van der Waals surface area contributed by atoms with Crippen LogP contribution in [0, 0.1) is 23.3 Å². The van der Waals surface area contributed by atoms with Gasteiger partial charge in [0.1, 0.15) is 33.2 Å². The lowest BCUT2D eigenvalue weighted by Gasteiger charge is -2.40. The topological polar surface area (TPSA) is 67.9 Å². The third kappa shape index (κ3) is 4.40. The highest BCUT2D eigenvalue weighted by Gasteiger charge is 2.54. The van der Waals surface area contributed by atoms with Crippen molar-refractivity contribution in [2.75, 3.05) is 13.7 Å². The molecule has 2 N–H and O–H groups in total. The summed E-state index contributed by atoms with van der Waals surface area (Å²) in [6.45, 7) is 1.39. The van der Waals surface area contributed by atoms with E-state index >= 15 is 0 Å². The first kappa shape index (κ1) is 25.9. The van der Waals surface area contributed by atoms with E-state index in [0.717, 1.165) is 53.2 Å². The van der Waals surface area contributed by atoms with Gasteiger partial charge in [-0.3, -0.25) is 4.79 Å². The van der Waals surface area contributed by atoms with Crippen LogP contribution in [0.25, 0.3) is 0 Å². The van der Waals surface area contributed by atoms with E-state index in [2.05, 4.69) is 5.10 Å². The van der Waals surface area contributed by atoms with Gasteiger partial charge in [0.05, 0.1) is 0 Å². The minimum Gasteiger partial charge on any atom is -0.364 e. The summed E-state index contributed by atoms with van der Waals surface area (Å²) in [6, 6.07) is 14.4. The van der Waals surface area contributed by atoms with E-state index in [1.54, 1.807) is 30.3 Å². The first-order chi connectivity index (χ1) is 17.2. The molecule has 0 saturated carbocycles. The number of ether oxygens (including phenoxy) is 1. The zero-order chi connectivity index (χ0) is 26.1. The molecule has 10 heteroatoms. The molecule has 0 fully saturated rings. The Balaban J connectivity index is 1.94. The number of carbonyl (C=O) groups is 1. The Labute approximate surface area is 209 Å². The highest BCUT2D eigenvalue weighted by Crippen LogP contribution is 2.51. The standard InChI is InChI=1S/C26H23F4N3O2S/c1-25(35-2,20-15-18(28)9-11-22(20)30)24(34)33-26(12-13-31,16-6-4-3-5-7-16)36-23(32-33)19-14-17(27)8-10-21(19)29/h3-11,14-15H,12-13,31H2,1-2H3/t25-,26?/m0/s1. The Morgan fingerprint density at radius 2 is 1.67 bits per heavy atom. The number of hydrogen-bond donors (Lipinski definition) is 1. The summed E-state index contributed by atoms with van der Waals surface area (Å²) < 4.78 is 63.2. The third-order valence-corrected chi connectivity index (χ3v) is 7.56. The van der Waals surface area contributed by atoms with Gasteiger partial charge in [0.15, 0.2) is 5.60 Å². The molecule has 0 saturated heterocycles. The van der Waals surface area contributed by atoms with Crippen LogP contribution in [0.5, 0.6) is 0 Å². The van der Waals surface area contributed by atoms with Crippen molar-refractivity contribution in [1.82, 2.24) is 5.01 Å². The van der Waals surface area contributed by atoms with Crippen LogP contribution in [0.2, 0.25) is 0 Å². The number of nitrogens with two attached hydrogens (primary N) is 1. The van der Waals surface area contributed by atoms with Gasteiger partial charge in [-0.2, -0.15) is 5.10 Å². The van der Waals surface area contributed by atoms with E-state index in [9.17, 15) is 22.4 Å². The van der Waals surface area contributed by atoms with Crippen LogP contribution in [0.1, 0.15) is 30.0 Å². The Morgan fingerprint density at radius 1 is 1.03 bits per heavy atom. The maximum absolute atomic E-state index is 14.8. The van der Waals surface area contributed by atoms with E-state index in [0.29, 0.717) is 5.56 Å². The van der Waals surface area contributed by atoms with Gasteiger partial charge in [0.25, 0.3) is 5.91 Å². The summed E-state index contributed by atoms with van der Waals surface area (Å²) in [5, 5.41) is 5.49. The average Bonchev–Trinajstić information content (AvgIpc) is 3.27. The van der Waals surface area contributed by atoms with Crippen molar-refractivity contribution in [3.8, 4) is 0 Å². The predicted molar refractivity (Wildman–Crippen MR) is 130 cm³/mol. The fourth-order valence-corrected chi connectivity index (χ4v) is 5.52. The van der Waals surface area contributed by atoms with E-state index in [1.165, 1.54) is 14.0 Å². The Kier molecular flexibility index (Phi) is 7.21. The molecular weight excluding hydrogens is 494 g/mol. The molecule has 0 aromatic heterocycles. The smallest absolute Gasteiger partial charge is 0.281 e. The van der Waals surface area contributed by atoms with E-state index in [1.807, 2.05) is 0 Å². The second kappa shape index (κ2) is 10.0. The van der Waals surface area contributed by atoms with Gasteiger partial charge >= 0.3 is 0 Å². The molecule has 3 aromatic carbocycles. The molecule has 0 aliphatic carbocycles. The molecule has 0 radical (unpaired) electrons. The van der Waals surface area contributed by atoms with Crippen molar-refractivity contribution in [3.63, 3.8) is 0 Å². The molecule has 0 bridgehead atoms. The van der Waals surface area contributed by atoms with Gasteiger partial charge in [0.2, 0.25) is 0 Å². The Morgan fingerprint density at radius 3 is 2.31 bits per heavy atom. The van der Waals surface area contributed by atoms with Crippen molar-refractivity contribution in [2.24, 2.45) is 10.8 Å². The van der Waals surface area contributed by atoms with Crippen molar-refractivity contribution in [2.45, 2.75) is 23.8 Å². The normalized spacial score (nSPS) is 19.2. The minimum absolute atomic E-state index is 0.0239. The summed E-state index contributed by atoms with van der Waals surface area (Å²) in [7, 11) is 1.19. The SMILES string of the molecule is CO[C@](C)(C(=O)N1N=C(c2cc(F)ccc2F)SC1(CCN)c1ccccc1)c1cc(F)ccc1F. The summed E-state index contributed by atoms with van der Waals surface area (Å²) >= 11 is 1.02. The van der Waals surface area contributed by atoms with Crippen LogP contribution in [0.3, 0.4) is 0 Å². The lowest BCUT2D eigenvalue weighted by atomic mass is 9.92. The zero-order valence-electron chi connectivity index (χ0n) is 19.5. The number of amides is 1. The van der Waals surface area contributed by atoms with Crippen LogP contribution in [0.4, 0.5) is 17.6 Å². The molecule has 188 valence electrons. The number of rotatable bonds is 7. The first-order valence-electron chi connectivity index (χ1n) is 11.0. The molecule has 0 spiro atoms. The van der Waals surface area contributed by atoms with Gasteiger partial charge in [-0.15, -0.1) is 0 Å². The molecule has 4 rings (SSSR count). The zero-order valence-corrected chi connectivity index (χ0v) is 20.3. The molecule has 1 aliphatic heterocycles. The predicted octanol–water partition coefficient (Wildman–Crippen LogP) is 5.24. The number of benzene rings is 3. The van der Waals surface area contributed by atoms with Crippen LogP contribution < -0.4 is 5.73 Å². The third-order valence-electron chi connectivity index (χ3n) is 6.12. The maximum Gasteiger partial charge on any atom is 0.281 e.